The van der Waals surface area contributed by atoms with Gasteiger partial charge in [-0.25, -0.2) is 4.98 Å². The van der Waals surface area contributed by atoms with Crippen molar-refractivity contribution in [1.29, 1.82) is 0 Å². The highest BCUT2D eigenvalue weighted by Crippen LogP contribution is 2.50. The molecule has 2 fully saturated rings. The van der Waals surface area contributed by atoms with Gasteiger partial charge in [-0.1, -0.05) is 24.4 Å². The number of hydrogen-bond donors (Lipinski definition) is 2. The van der Waals surface area contributed by atoms with Crippen molar-refractivity contribution in [3.63, 3.8) is 0 Å². The van der Waals surface area contributed by atoms with E-state index >= 15 is 0 Å². The van der Waals surface area contributed by atoms with Gasteiger partial charge in [0.1, 0.15) is 5.82 Å². The normalized spacial score (nSPS) is 28.9. The SMILES string of the molecule is Nc1ncc(Cl)cc1C1(C2CC2)CCCCCN1. The van der Waals surface area contributed by atoms with Crippen LogP contribution in [-0.4, -0.2) is 11.5 Å². The summed E-state index contributed by atoms with van der Waals surface area (Å²) in [5.74, 6) is 1.35. The highest BCUT2D eigenvalue weighted by Gasteiger charge is 2.47. The summed E-state index contributed by atoms with van der Waals surface area (Å²) in [5.41, 5.74) is 7.26. The third kappa shape index (κ3) is 2.10. The van der Waals surface area contributed by atoms with Gasteiger partial charge in [0.25, 0.3) is 0 Å². The van der Waals surface area contributed by atoms with Crippen LogP contribution in [0, 0.1) is 5.92 Å². The Morgan fingerprint density at radius 2 is 2.17 bits per heavy atom. The van der Waals surface area contributed by atoms with E-state index in [4.69, 9.17) is 17.3 Å². The highest BCUT2D eigenvalue weighted by atomic mass is 35.5. The number of pyridine rings is 1. The molecule has 1 unspecified atom stereocenters. The monoisotopic (exact) mass is 265 g/mol. The van der Waals surface area contributed by atoms with Crippen LogP contribution in [0.4, 0.5) is 5.82 Å². The molecule has 18 heavy (non-hydrogen) atoms. The van der Waals surface area contributed by atoms with E-state index in [1.54, 1.807) is 6.20 Å². The van der Waals surface area contributed by atoms with Crippen molar-refractivity contribution in [2.75, 3.05) is 12.3 Å². The molecule has 2 heterocycles. The number of nitrogen functional groups attached to an aromatic ring is 1. The minimum absolute atomic E-state index is 0.0263. The van der Waals surface area contributed by atoms with Crippen LogP contribution >= 0.6 is 11.6 Å². The lowest BCUT2D eigenvalue weighted by molar-refractivity contribution is 0.279. The largest absolute Gasteiger partial charge is 0.383 e. The molecule has 1 atom stereocenters. The summed E-state index contributed by atoms with van der Waals surface area (Å²) in [5, 5.41) is 4.45. The molecule has 1 saturated carbocycles. The van der Waals surface area contributed by atoms with Crippen LogP contribution in [0.25, 0.3) is 0 Å². The Kier molecular flexibility index (Phi) is 3.20. The molecule has 0 radical (unpaired) electrons. The molecular formula is C14H20ClN3. The zero-order valence-corrected chi connectivity index (χ0v) is 11.3. The molecule has 4 heteroatoms. The quantitative estimate of drug-likeness (QED) is 0.864. The molecule has 0 aromatic carbocycles. The number of hydrogen-bond acceptors (Lipinski definition) is 3. The van der Waals surface area contributed by atoms with Crippen LogP contribution in [0.2, 0.25) is 5.02 Å². The Labute approximate surface area is 113 Å². The molecule has 1 aliphatic heterocycles. The third-order valence-corrected chi connectivity index (χ3v) is 4.54. The molecule has 1 aliphatic carbocycles. The van der Waals surface area contributed by atoms with Crippen LogP contribution < -0.4 is 11.1 Å². The van der Waals surface area contributed by atoms with E-state index in [2.05, 4.69) is 10.3 Å². The second-order valence-electron chi connectivity index (χ2n) is 5.57. The fourth-order valence-electron chi connectivity index (χ4n) is 3.29. The van der Waals surface area contributed by atoms with E-state index in [9.17, 15) is 0 Å². The molecule has 98 valence electrons. The predicted molar refractivity (Wildman–Crippen MR) is 74.5 cm³/mol. The summed E-state index contributed by atoms with van der Waals surface area (Å²) in [7, 11) is 0. The summed E-state index contributed by atoms with van der Waals surface area (Å²) in [6.45, 7) is 1.07. The number of anilines is 1. The van der Waals surface area contributed by atoms with Gasteiger partial charge in [0.2, 0.25) is 0 Å². The van der Waals surface area contributed by atoms with Crippen molar-refractivity contribution in [3.8, 4) is 0 Å². The Morgan fingerprint density at radius 1 is 1.33 bits per heavy atom. The fraction of sp³-hybridized carbons (Fsp3) is 0.643. The number of halogens is 1. The number of nitrogens with two attached hydrogens (primary N) is 1. The summed E-state index contributed by atoms with van der Waals surface area (Å²) in [6, 6.07) is 2.01. The van der Waals surface area contributed by atoms with E-state index in [1.165, 1.54) is 32.1 Å². The molecule has 0 bridgehead atoms. The molecule has 3 rings (SSSR count). The molecule has 3 N–H and O–H groups in total. The van der Waals surface area contributed by atoms with E-state index in [-0.39, 0.29) is 5.54 Å². The predicted octanol–water partition coefficient (Wildman–Crippen LogP) is 3.09. The summed E-state index contributed by atoms with van der Waals surface area (Å²) in [6.07, 6.45) is 9.19. The van der Waals surface area contributed by atoms with Crippen molar-refractivity contribution >= 4 is 17.4 Å². The van der Waals surface area contributed by atoms with E-state index in [0.717, 1.165) is 18.5 Å². The fourth-order valence-corrected chi connectivity index (χ4v) is 3.44. The number of nitrogens with zero attached hydrogens (tertiary/aromatic N) is 1. The highest BCUT2D eigenvalue weighted by molar-refractivity contribution is 6.30. The van der Waals surface area contributed by atoms with Crippen LogP contribution in [0.1, 0.15) is 44.1 Å². The Balaban J connectivity index is 2.04. The number of aromatic nitrogens is 1. The first-order valence-corrected chi connectivity index (χ1v) is 7.27. The maximum Gasteiger partial charge on any atom is 0.128 e. The van der Waals surface area contributed by atoms with E-state index in [1.807, 2.05) is 6.07 Å². The Morgan fingerprint density at radius 3 is 2.94 bits per heavy atom. The van der Waals surface area contributed by atoms with Crippen molar-refractivity contribution in [2.45, 2.75) is 44.1 Å². The third-order valence-electron chi connectivity index (χ3n) is 4.33. The van der Waals surface area contributed by atoms with Gasteiger partial charge in [-0.3, -0.25) is 0 Å². The van der Waals surface area contributed by atoms with Crippen molar-refractivity contribution < 1.29 is 0 Å². The van der Waals surface area contributed by atoms with Crippen LogP contribution in [0.5, 0.6) is 0 Å². The molecule has 1 saturated heterocycles. The molecule has 0 spiro atoms. The molecule has 1 aromatic heterocycles. The van der Waals surface area contributed by atoms with Crippen molar-refractivity contribution in [2.24, 2.45) is 5.92 Å². The van der Waals surface area contributed by atoms with Gasteiger partial charge in [0.05, 0.1) is 5.02 Å². The first-order chi connectivity index (χ1) is 8.72. The van der Waals surface area contributed by atoms with Gasteiger partial charge < -0.3 is 11.1 Å². The lowest BCUT2D eigenvalue weighted by Crippen LogP contribution is -2.44. The number of rotatable bonds is 2. The van der Waals surface area contributed by atoms with Gasteiger partial charge in [0.15, 0.2) is 0 Å². The number of nitrogens with one attached hydrogen (secondary N) is 1. The van der Waals surface area contributed by atoms with Gasteiger partial charge >= 0.3 is 0 Å². The smallest absolute Gasteiger partial charge is 0.128 e. The minimum Gasteiger partial charge on any atom is -0.383 e. The molecule has 0 amide bonds. The van der Waals surface area contributed by atoms with Gasteiger partial charge in [-0.2, -0.15) is 0 Å². The minimum atomic E-state index is 0.0263. The average Bonchev–Trinajstić information content (AvgIpc) is 3.17. The van der Waals surface area contributed by atoms with Crippen LogP contribution in [-0.2, 0) is 5.54 Å². The first kappa shape index (κ1) is 12.2. The lowest BCUT2D eigenvalue weighted by atomic mass is 9.81. The molecule has 1 aromatic rings. The van der Waals surface area contributed by atoms with Crippen molar-refractivity contribution in [3.05, 3.63) is 22.8 Å². The Bertz CT molecular complexity index is 435. The summed E-state index contributed by atoms with van der Waals surface area (Å²) < 4.78 is 0. The van der Waals surface area contributed by atoms with E-state index in [0.29, 0.717) is 16.8 Å². The topological polar surface area (TPSA) is 50.9 Å². The first-order valence-electron chi connectivity index (χ1n) is 6.89. The van der Waals surface area contributed by atoms with E-state index < -0.39 is 0 Å². The Hall–Kier alpha value is -0.800. The average molecular weight is 266 g/mol. The molecule has 3 nitrogen and oxygen atoms in total. The standard InChI is InChI=1S/C14H20ClN3/c15-11-8-12(13(16)17-9-11)14(10-4-5-10)6-2-1-3-7-18-14/h8-10,18H,1-7H2,(H2,16,17). The van der Waals surface area contributed by atoms with Crippen molar-refractivity contribution in [1.82, 2.24) is 10.3 Å². The second-order valence-corrected chi connectivity index (χ2v) is 6.01. The zero-order chi connectivity index (χ0) is 12.6. The molecule has 2 aliphatic rings. The van der Waals surface area contributed by atoms with Crippen LogP contribution in [0.3, 0.4) is 0 Å². The van der Waals surface area contributed by atoms with Gasteiger partial charge in [-0.15, -0.1) is 0 Å². The zero-order valence-electron chi connectivity index (χ0n) is 10.6. The molecular weight excluding hydrogens is 246 g/mol. The van der Waals surface area contributed by atoms with Gasteiger partial charge in [-0.05, 0) is 44.2 Å². The van der Waals surface area contributed by atoms with Gasteiger partial charge in [0, 0.05) is 17.3 Å². The summed E-state index contributed by atoms with van der Waals surface area (Å²) >= 11 is 6.12. The summed E-state index contributed by atoms with van der Waals surface area (Å²) in [4.78, 5) is 4.25. The van der Waals surface area contributed by atoms with Crippen LogP contribution in [0.15, 0.2) is 12.3 Å². The maximum atomic E-state index is 6.12. The second kappa shape index (κ2) is 4.71. The maximum absolute atomic E-state index is 6.12. The lowest BCUT2D eigenvalue weighted by Gasteiger charge is -2.35.